The molecule has 1 fully saturated rings. The van der Waals surface area contributed by atoms with Crippen LogP contribution in [0.5, 0.6) is 0 Å². The van der Waals surface area contributed by atoms with Crippen molar-refractivity contribution in [2.75, 3.05) is 0 Å². The van der Waals surface area contributed by atoms with Crippen LogP contribution < -0.4 is 0 Å². The van der Waals surface area contributed by atoms with Crippen LogP contribution in [0.25, 0.3) is 5.65 Å². The first-order valence-corrected chi connectivity index (χ1v) is 7.74. The van der Waals surface area contributed by atoms with Crippen molar-refractivity contribution < 1.29 is 0 Å². The van der Waals surface area contributed by atoms with Crippen LogP contribution in [0, 0.1) is 22.7 Å². The van der Waals surface area contributed by atoms with Gasteiger partial charge in [0.15, 0.2) is 5.65 Å². The van der Waals surface area contributed by atoms with Gasteiger partial charge in [-0.05, 0) is 49.1 Å². The van der Waals surface area contributed by atoms with Gasteiger partial charge in [-0.1, -0.05) is 20.8 Å². The summed E-state index contributed by atoms with van der Waals surface area (Å²) in [7, 11) is 0. The van der Waals surface area contributed by atoms with E-state index >= 15 is 0 Å². The average molecular weight is 282 g/mol. The number of hydrogen-bond acceptors (Lipinski definition) is 3. The highest BCUT2D eigenvalue weighted by atomic mass is 15.2. The summed E-state index contributed by atoms with van der Waals surface area (Å²) in [5.74, 6) is 2.28. The number of nitriles is 1. The Bertz CT molecular complexity index is 679. The summed E-state index contributed by atoms with van der Waals surface area (Å²) in [5.41, 5.74) is 1.89. The molecule has 0 aliphatic heterocycles. The molecule has 0 aromatic carbocycles. The number of pyridine rings is 1. The minimum absolute atomic E-state index is 0.395. The second-order valence-electron chi connectivity index (χ2n) is 7.23. The van der Waals surface area contributed by atoms with E-state index in [-0.39, 0.29) is 0 Å². The van der Waals surface area contributed by atoms with Crippen LogP contribution in [0.1, 0.15) is 63.8 Å². The molecule has 4 heteroatoms. The molecule has 2 heterocycles. The Morgan fingerprint density at radius 2 is 1.86 bits per heavy atom. The normalized spacial score (nSPS) is 23.1. The first kappa shape index (κ1) is 14.1. The van der Waals surface area contributed by atoms with Gasteiger partial charge in [-0.2, -0.15) is 5.26 Å². The van der Waals surface area contributed by atoms with Crippen LogP contribution in [0.3, 0.4) is 0 Å². The molecule has 0 unspecified atom stereocenters. The van der Waals surface area contributed by atoms with E-state index in [0.29, 0.717) is 16.9 Å². The highest BCUT2D eigenvalue weighted by molar-refractivity contribution is 5.43. The van der Waals surface area contributed by atoms with Gasteiger partial charge in [-0.15, -0.1) is 10.2 Å². The van der Waals surface area contributed by atoms with Crippen molar-refractivity contribution in [3.63, 3.8) is 0 Å². The second-order valence-corrected chi connectivity index (χ2v) is 7.23. The molecule has 4 nitrogen and oxygen atoms in total. The van der Waals surface area contributed by atoms with E-state index in [1.54, 1.807) is 6.07 Å². The van der Waals surface area contributed by atoms with Gasteiger partial charge >= 0.3 is 0 Å². The number of fused-ring (bicyclic) bond motifs is 1. The number of aromatic nitrogens is 3. The maximum Gasteiger partial charge on any atom is 0.160 e. The average Bonchev–Trinajstić information content (AvgIpc) is 2.89. The van der Waals surface area contributed by atoms with Crippen LogP contribution in [-0.2, 0) is 0 Å². The summed E-state index contributed by atoms with van der Waals surface area (Å²) in [6.45, 7) is 7.01. The summed E-state index contributed by atoms with van der Waals surface area (Å²) >= 11 is 0. The minimum Gasteiger partial charge on any atom is -0.285 e. The molecule has 2 aromatic rings. The van der Waals surface area contributed by atoms with Gasteiger partial charge in [-0.3, -0.25) is 4.40 Å². The summed E-state index contributed by atoms with van der Waals surface area (Å²) in [6, 6.07) is 5.86. The third-order valence-electron chi connectivity index (χ3n) is 4.87. The maximum absolute atomic E-state index is 9.06. The zero-order chi connectivity index (χ0) is 15.0. The van der Waals surface area contributed by atoms with Gasteiger partial charge in [-0.25, -0.2) is 0 Å². The van der Waals surface area contributed by atoms with Crippen molar-refractivity contribution in [3.8, 4) is 6.07 Å². The fourth-order valence-corrected chi connectivity index (χ4v) is 3.47. The number of nitrogens with zero attached hydrogens (tertiary/aromatic N) is 4. The van der Waals surface area contributed by atoms with Crippen molar-refractivity contribution in [1.82, 2.24) is 14.6 Å². The SMILES string of the molecule is CC(C)(C)C1CCC(c2nnc3ccc(C#N)cn23)CC1. The Morgan fingerprint density at radius 3 is 2.48 bits per heavy atom. The number of rotatable bonds is 1. The smallest absolute Gasteiger partial charge is 0.160 e. The Morgan fingerprint density at radius 1 is 1.14 bits per heavy atom. The third-order valence-corrected chi connectivity index (χ3v) is 4.87. The molecule has 0 N–H and O–H groups in total. The molecule has 1 aliphatic rings. The Labute approximate surface area is 125 Å². The first-order valence-electron chi connectivity index (χ1n) is 7.74. The Hall–Kier alpha value is -1.89. The van der Waals surface area contributed by atoms with Crippen molar-refractivity contribution in [3.05, 3.63) is 29.7 Å². The van der Waals surface area contributed by atoms with Crippen molar-refractivity contribution in [1.29, 1.82) is 5.26 Å². The van der Waals surface area contributed by atoms with E-state index in [4.69, 9.17) is 5.26 Å². The summed E-state index contributed by atoms with van der Waals surface area (Å²) in [5, 5.41) is 17.7. The third kappa shape index (κ3) is 2.65. The lowest BCUT2D eigenvalue weighted by Crippen LogP contribution is -2.25. The molecule has 1 saturated carbocycles. The van der Waals surface area contributed by atoms with E-state index in [0.717, 1.165) is 17.4 Å². The molecule has 0 atom stereocenters. The highest BCUT2D eigenvalue weighted by Gasteiger charge is 2.31. The lowest BCUT2D eigenvalue weighted by Gasteiger charge is -2.36. The molecule has 3 rings (SSSR count). The zero-order valence-corrected chi connectivity index (χ0v) is 13.0. The molecule has 0 spiro atoms. The van der Waals surface area contributed by atoms with Crippen LogP contribution in [0.2, 0.25) is 0 Å². The molecule has 0 bridgehead atoms. The van der Waals surface area contributed by atoms with Crippen molar-refractivity contribution >= 4 is 5.65 Å². The predicted octanol–water partition coefficient (Wildman–Crippen LogP) is 3.92. The number of hydrogen-bond donors (Lipinski definition) is 0. The van der Waals surface area contributed by atoms with E-state index in [1.165, 1.54) is 25.7 Å². The van der Waals surface area contributed by atoms with Gasteiger partial charge in [0.25, 0.3) is 0 Å². The Balaban J connectivity index is 1.84. The summed E-state index contributed by atoms with van der Waals surface area (Å²) in [6.07, 6.45) is 6.70. The lowest BCUT2D eigenvalue weighted by molar-refractivity contribution is 0.167. The maximum atomic E-state index is 9.06. The lowest BCUT2D eigenvalue weighted by atomic mass is 9.70. The predicted molar refractivity (Wildman–Crippen MR) is 81.9 cm³/mol. The van der Waals surface area contributed by atoms with Gasteiger partial charge in [0, 0.05) is 12.1 Å². The molecule has 21 heavy (non-hydrogen) atoms. The quantitative estimate of drug-likeness (QED) is 0.796. The molecular weight excluding hydrogens is 260 g/mol. The standard InChI is InChI=1S/C17H22N4/c1-17(2,3)14-7-5-13(6-8-14)16-20-19-15-9-4-12(10-18)11-21(15)16/h4,9,11,13-14H,5-8H2,1-3H3. The van der Waals surface area contributed by atoms with Gasteiger partial charge in [0.2, 0.25) is 0 Å². The molecule has 0 amide bonds. The molecule has 0 radical (unpaired) electrons. The fraction of sp³-hybridized carbons (Fsp3) is 0.588. The van der Waals surface area contributed by atoms with E-state index < -0.39 is 0 Å². The van der Waals surface area contributed by atoms with Gasteiger partial charge in [0.1, 0.15) is 11.9 Å². The van der Waals surface area contributed by atoms with E-state index in [2.05, 4.69) is 37.0 Å². The van der Waals surface area contributed by atoms with Crippen LogP contribution >= 0.6 is 0 Å². The van der Waals surface area contributed by atoms with E-state index in [9.17, 15) is 0 Å². The van der Waals surface area contributed by atoms with Crippen LogP contribution in [-0.4, -0.2) is 14.6 Å². The van der Waals surface area contributed by atoms with Crippen LogP contribution in [0.4, 0.5) is 0 Å². The molecule has 0 saturated heterocycles. The molecule has 110 valence electrons. The van der Waals surface area contributed by atoms with E-state index in [1.807, 2.05) is 16.7 Å². The Kier molecular flexibility index (Phi) is 3.44. The molecular formula is C17H22N4. The largest absolute Gasteiger partial charge is 0.285 e. The minimum atomic E-state index is 0.395. The zero-order valence-electron chi connectivity index (χ0n) is 13.0. The van der Waals surface area contributed by atoms with Gasteiger partial charge < -0.3 is 0 Å². The molecule has 1 aliphatic carbocycles. The second kappa shape index (κ2) is 5.14. The van der Waals surface area contributed by atoms with Crippen molar-refractivity contribution in [2.24, 2.45) is 11.3 Å². The fourth-order valence-electron chi connectivity index (χ4n) is 3.47. The first-order chi connectivity index (χ1) is 9.99. The summed E-state index contributed by atoms with van der Waals surface area (Å²) < 4.78 is 2.00. The summed E-state index contributed by atoms with van der Waals surface area (Å²) in [4.78, 5) is 0. The van der Waals surface area contributed by atoms with Gasteiger partial charge in [0.05, 0.1) is 5.56 Å². The monoisotopic (exact) mass is 282 g/mol. The molecule has 2 aromatic heterocycles. The van der Waals surface area contributed by atoms with Crippen LogP contribution in [0.15, 0.2) is 18.3 Å². The highest BCUT2D eigenvalue weighted by Crippen LogP contribution is 2.42. The topological polar surface area (TPSA) is 54.0 Å². The van der Waals surface area contributed by atoms with Crippen molar-refractivity contribution in [2.45, 2.75) is 52.4 Å².